The number of hydrogen-bond donors (Lipinski definition) is 5. The standard InChI is InChI=1S/C12H22N2O3.C11H17NO2S2.C10H21N3O.C10H20N2O/c1-10(2)3-4-13-5-7-14(8-6-13)11(15)9-12(16)17;1-7(2)4-5-15-11-12-8(3)9(16-11)6-10(13)14;1-9(2)3-4-12-10(14)13-7-5-11-6-8-13;1-9(2)3-8-12-13-10-4-6-11-7-5-10/h10H,3-9H2,1-2H3,(H,16,17);7H,4-6H2,1-3H3,(H,13,14);9,11H,3-8H2,1-2H3,(H,12,14);8-11H,3-7H2,1-2H3/b;;;12-8+. The van der Waals surface area contributed by atoms with E-state index in [1.807, 2.05) is 18.0 Å². The number of aryl methyl sites for hydroxylation is 1. The van der Waals surface area contributed by atoms with Gasteiger partial charge in [0.1, 0.15) is 16.9 Å². The number of nitrogens with one attached hydrogen (secondary N) is 3. The van der Waals surface area contributed by atoms with Crippen molar-refractivity contribution in [3.8, 4) is 0 Å². The van der Waals surface area contributed by atoms with Crippen molar-refractivity contribution in [2.45, 2.75) is 124 Å². The molecule has 346 valence electrons. The van der Waals surface area contributed by atoms with Crippen molar-refractivity contribution in [3.63, 3.8) is 0 Å². The number of thioether (sulfide) groups is 1. The Morgan fingerprint density at radius 1 is 0.833 bits per heavy atom. The quantitative estimate of drug-likeness (QED) is 0.0480. The smallest absolute Gasteiger partial charge is 0.317 e. The highest BCUT2D eigenvalue weighted by molar-refractivity contribution is 8.01. The molecule has 4 rings (SSSR count). The fraction of sp³-hybridized carbons (Fsp3) is 0.814. The highest BCUT2D eigenvalue weighted by Crippen LogP contribution is 2.28. The molecule has 0 aliphatic carbocycles. The lowest BCUT2D eigenvalue weighted by atomic mass is 10.1. The van der Waals surface area contributed by atoms with Gasteiger partial charge in [-0.1, -0.05) is 72.3 Å². The predicted octanol–water partition coefficient (Wildman–Crippen LogP) is 6.30. The molecule has 0 spiro atoms. The molecule has 1 aromatic heterocycles. The Hall–Kier alpha value is -2.99. The number of nitrogens with zero attached hydrogens (tertiary/aromatic N) is 5. The number of piperazine rings is 2. The van der Waals surface area contributed by atoms with Crippen LogP contribution in [-0.2, 0) is 25.6 Å². The van der Waals surface area contributed by atoms with Gasteiger partial charge in [0.15, 0.2) is 0 Å². The Morgan fingerprint density at radius 2 is 1.43 bits per heavy atom. The molecule has 3 saturated heterocycles. The van der Waals surface area contributed by atoms with Crippen molar-refractivity contribution in [1.82, 2.24) is 35.6 Å². The summed E-state index contributed by atoms with van der Waals surface area (Å²) in [6.07, 6.45) is 8.48. The van der Waals surface area contributed by atoms with Gasteiger partial charge in [0.2, 0.25) is 5.91 Å². The van der Waals surface area contributed by atoms with Crippen molar-refractivity contribution in [1.29, 1.82) is 0 Å². The minimum atomic E-state index is -1.04. The van der Waals surface area contributed by atoms with E-state index in [2.05, 4.69) is 86.4 Å². The Bertz CT molecular complexity index is 1360. The minimum absolute atomic E-state index is 0.0900. The Balaban J connectivity index is 0.000000402. The van der Waals surface area contributed by atoms with Crippen LogP contribution in [0.25, 0.3) is 0 Å². The zero-order chi connectivity index (χ0) is 44.9. The summed E-state index contributed by atoms with van der Waals surface area (Å²) in [5.74, 6) is 1.67. The third-order valence-electron chi connectivity index (χ3n) is 9.71. The van der Waals surface area contributed by atoms with E-state index in [0.29, 0.717) is 42.9 Å². The first kappa shape index (κ1) is 55.0. The molecular formula is C43H80N8O7S2. The number of rotatable bonds is 18. The number of carboxylic acid groups (broad SMARTS) is 2. The molecule has 1 aromatic rings. The van der Waals surface area contributed by atoms with Crippen LogP contribution < -0.4 is 16.0 Å². The maximum atomic E-state index is 11.6. The number of carboxylic acids is 2. The van der Waals surface area contributed by atoms with Crippen LogP contribution in [0.1, 0.15) is 111 Å². The van der Waals surface area contributed by atoms with Crippen LogP contribution in [-0.4, -0.2) is 150 Å². The van der Waals surface area contributed by atoms with E-state index < -0.39 is 11.9 Å². The zero-order valence-electron chi connectivity index (χ0n) is 38.3. The molecule has 15 nitrogen and oxygen atoms in total. The van der Waals surface area contributed by atoms with E-state index in [-0.39, 0.29) is 24.8 Å². The Kier molecular flexibility index (Phi) is 30.0. The number of piperidine rings is 1. The highest BCUT2D eigenvalue weighted by atomic mass is 32.2. The van der Waals surface area contributed by atoms with Crippen LogP contribution >= 0.6 is 23.1 Å². The molecule has 17 heteroatoms. The van der Waals surface area contributed by atoms with Gasteiger partial charge in [-0.2, -0.15) is 0 Å². The number of urea groups is 1. The fourth-order valence-electron chi connectivity index (χ4n) is 5.78. The van der Waals surface area contributed by atoms with Gasteiger partial charge in [-0.25, -0.2) is 9.78 Å². The third-order valence-corrected chi connectivity index (χ3v) is 12.0. The number of carbonyl (C=O) groups excluding carboxylic acids is 2. The molecule has 3 amide bonds. The van der Waals surface area contributed by atoms with Gasteiger partial charge in [-0.05, 0) is 88.8 Å². The van der Waals surface area contributed by atoms with Crippen molar-refractivity contribution < 1.29 is 34.2 Å². The summed E-state index contributed by atoms with van der Waals surface area (Å²) in [5, 5.41) is 30.7. The van der Waals surface area contributed by atoms with Crippen molar-refractivity contribution in [3.05, 3.63) is 10.6 Å². The van der Waals surface area contributed by atoms with Crippen molar-refractivity contribution >= 4 is 53.2 Å². The van der Waals surface area contributed by atoms with E-state index in [1.165, 1.54) is 17.8 Å². The molecule has 0 aromatic carbocycles. The summed E-state index contributed by atoms with van der Waals surface area (Å²) in [7, 11) is 0. The molecule has 3 aliphatic heterocycles. The largest absolute Gasteiger partial charge is 0.481 e. The number of carbonyl (C=O) groups is 4. The Labute approximate surface area is 369 Å². The molecule has 3 aliphatic rings. The third kappa shape index (κ3) is 28.5. The summed E-state index contributed by atoms with van der Waals surface area (Å²) in [6.45, 7) is 29.9. The van der Waals surface area contributed by atoms with Crippen LogP contribution in [0, 0.1) is 30.6 Å². The average Bonchev–Trinajstić information content (AvgIpc) is 3.54. The molecule has 3 fully saturated rings. The van der Waals surface area contributed by atoms with Gasteiger partial charge in [-0.15, -0.1) is 11.3 Å². The van der Waals surface area contributed by atoms with Crippen LogP contribution in [0.5, 0.6) is 0 Å². The second-order valence-electron chi connectivity index (χ2n) is 17.2. The molecule has 0 bridgehead atoms. The van der Waals surface area contributed by atoms with Crippen LogP contribution in [0.2, 0.25) is 0 Å². The molecule has 60 heavy (non-hydrogen) atoms. The van der Waals surface area contributed by atoms with Gasteiger partial charge in [0, 0.05) is 75.7 Å². The lowest BCUT2D eigenvalue weighted by Crippen LogP contribution is -2.50. The van der Waals surface area contributed by atoms with E-state index in [0.717, 1.165) is 118 Å². The zero-order valence-corrected chi connectivity index (χ0v) is 39.9. The maximum absolute atomic E-state index is 11.6. The minimum Gasteiger partial charge on any atom is -0.481 e. The first-order valence-electron chi connectivity index (χ1n) is 22.1. The molecule has 0 atom stereocenters. The highest BCUT2D eigenvalue weighted by Gasteiger charge is 2.22. The van der Waals surface area contributed by atoms with Gasteiger partial charge in [-0.3, -0.25) is 19.3 Å². The van der Waals surface area contributed by atoms with Crippen LogP contribution in [0.15, 0.2) is 9.50 Å². The van der Waals surface area contributed by atoms with Crippen LogP contribution in [0.3, 0.4) is 0 Å². The maximum Gasteiger partial charge on any atom is 0.317 e. The molecular weight excluding hydrogens is 805 g/mol. The van der Waals surface area contributed by atoms with Crippen LogP contribution in [0.4, 0.5) is 4.79 Å². The second kappa shape index (κ2) is 32.7. The normalized spacial score (nSPS) is 16.2. The average molecular weight is 885 g/mol. The summed E-state index contributed by atoms with van der Waals surface area (Å²) < 4.78 is 0.995. The first-order valence-corrected chi connectivity index (χ1v) is 23.9. The lowest BCUT2D eigenvalue weighted by Gasteiger charge is -2.34. The molecule has 5 N–H and O–H groups in total. The number of aliphatic carboxylic acids is 2. The molecule has 4 heterocycles. The monoisotopic (exact) mass is 885 g/mol. The van der Waals surface area contributed by atoms with Crippen molar-refractivity contribution in [2.75, 3.05) is 84.3 Å². The first-order chi connectivity index (χ1) is 28.5. The van der Waals surface area contributed by atoms with Gasteiger partial charge < -0.3 is 40.8 Å². The molecule has 0 radical (unpaired) electrons. The second-order valence-corrected chi connectivity index (χ2v) is 19.6. The van der Waals surface area contributed by atoms with Gasteiger partial charge >= 0.3 is 18.0 Å². The van der Waals surface area contributed by atoms with E-state index in [4.69, 9.17) is 15.1 Å². The number of amides is 3. The molecule has 0 saturated carbocycles. The number of aromatic nitrogens is 1. The topological polar surface area (TPSA) is 189 Å². The molecule has 0 unspecified atom stereocenters. The number of thiazole rings is 1. The summed E-state index contributed by atoms with van der Waals surface area (Å²) in [6, 6.07) is 0.0900. The summed E-state index contributed by atoms with van der Waals surface area (Å²) in [5.41, 5.74) is 0.861. The predicted molar refractivity (Wildman–Crippen MR) is 245 cm³/mol. The number of oxime groups is 1. The van der Waals surface area contributed by atoms with E-state index in [9.17, 15) is 19.2 Å². The fourth-order valence-corrected chi connectivity index (χ4v) is 8.32. The van der Waals surface area contributed by atoms with Gasteiger partial charge in [0.25, 0.3) is 0 Å². The number of hydrogen-bond acceptors (Lipinski definition) is 12. The SMILES string of the molecule is CC(C)C/C=N/OC1CCNCC1.CC(C)CCN1CCN(C(=O)CC(=O)O)CC1.CC(C)CCNC(=O)N1CCNCC1.Cc1nc(SCCC(C)C)sc1CC(=O)O. The summed E-state index contributed by atoms with van der Waals surface area (Å²) >= 11 is 3.24. The lowest BCUT2D eigenvalue weighted by molar-refractivity contribution is -0.145. The van der Waals surface area contributed by atoms with E-state index in [1.54, 1.807) is 16.7 Å². The van der Waals surface area contributed by atoms with Crippen molar-refractivity contribution in [2.24, 2.45) is 28.8 Å². The van der Waals surface area contributed by atoms with Gasteiger partial charge in [0.05, 0.1) is 12.1 Å². The summed E-state index contributed by atoms with van der Waals surface area (Å²) in [4.78, 5) is 60.6. The van der Waals surface area contributed by atoms with E-state index >= 15 is 0 Å². The Morgan fingerprint density at radius 3 is 1.98 bits per heavy atom.